The van der Waals surface area contributed by atoms with Crippen molar-refractivity contribution in [2.45, 2.75) is 38.3 Å². The SMILES string of the molecule is O=C(O)c1ccc2c(c1)nc(-c1ccc(OCc3cccc(O)c3)cc1)n2C1CCCC1. The van der Waals surface area contributed by atoms with E-state index in [2.05, 4.69) is 4.57 Å². The zero-order chi connectivity index (χ0) is 22.1. The van der Waals surface area contributed by atoms with Crippen LogP contribution in [0.4, 0.5) is 0 Å². The number of ether oxygens (including phenoxy) is 1. The Morgan fingerprint density at radius 3 is 2.53 bits per heavy atom. The number of aromatic hydroxyl groups is 1. The van der Waals surface area contributed by atoms with Gasteiger partial charge in [-0.05, 0) is 73.0 Å². The largest absolute Gasteiger partial charge is 0.508 e. The van der Waals surface area contributed by atoms with Crippen molar-refractivity contribution in [1.82, 2.24) is 9.55 Å². The average Bonchev–Trinajstić information content (AvgIpc) is 3.45. The molecule has 1 aromatic heterocycles. The molecule has 0 radical (unpaired) electrons. The molecule has 0 atom stereocenters. The Bertz CT molecular complexity index is 1270. The first-order valence-corrected chi connectivity index (χ1v) is 10.8. The fourth-order valence-electron chi connectivity index (χ4n) is 4.48. The van der Waals surface area contributed by atoms with Crippen LogP contribution in [0.2, 0.25) is 0 Å². The summed E-state index contributed by atoms with van der Waals surface area (Å²) >= 11 is 0. The Balaban J connectivity index is 1.46. The van der Waals surface area contributed by atoms with E-state index in [4.69, 9.17) is 9.72 Å². The number of hydrogen-bond donors (Lipinski definition) is 2. The Kier molecular flexibility index (Phi) is 5.27. The Morgan fingerprint density at radius 1 is 1.03 bits per heavy atom. The van der Waals surface area contributed by atoms with E-state index in [1.165, 1.54) is 12.8 Å². The lowest BCUT2D eigenvalue weighted by atomic mass is 10.1. The van der Waals surface area contributed by atoms with Gasteiger partial charge in [0.05, 0.1) is 16.6 Å². The van der Waals surface area contributed by atoms with Crippen molar-refractivity contribution < 1.29 is 19.7 Å². The molecule has 1 aliphatic carbocycles. The second kappa shape index (κ2) is 8.38. The number of nitrogens with zero attached hydrogens (tertiary/aromatic N) is 2. The molecule has 0 saturated heterocycles. The number of carboxylic acids is 1. The molecule has 3 aromatic carbocycles. The zero-order valence-electron chi connectivity index (χ0n) is 17.6. The molecule has 2 N–H and O–H groups in total. The molecule has 1 aliphatic rings. The Morgan fingerprint density at radius 2 is 1.81 bits per heavy atom. The normalized spacial score (nSPS) is 14.1. The summed E-state index contributed by atoms with van der Waals surface area (Å²) in [5.74, 6) is 0.859. The van der Waals surface area contributed by atoms with Crippen LogP contribution in [0.15, 0.2) is 66.7 Å². The van der Waals surface area contributed by atoms with Gasteiger partial charge in [-0.1, -0.05) is 25.0 Å². The highest BCUT2D eigenvalue weighted by Gasteiger charge is 2.24. The van der Waals surface area contributed by atoms with Gasteiger partial charge in [0.15, 0.2) is 0 Å². The number of phenols is 1. The number of hydrogen-bond acceptors (Lipinski definition) is 4. The summed E-state index contributed by atoms with van der Waals surface area (Å²) in [6.07, 6.45) is 4.59. The quantitative estimate of drug-likeness (QED) is 0.405. The lowest BCUT2D eigenvalue weighted by Gasteiger charge is -2.17. The van der Waals surface area contributed by atoms with Gasteiger partial charge < -0.3 is 19.5 Å². The van der Waals surface area contributed by atoms with Gasteiger partial charge in [-0.15, -0.1) is 0 Å². The second-order valence-electron chi connectivity index (χ2n) is 8.24. The molecular weight excluding hydrogens is 404 g/mol. The van der Waals surface area contributed by atoms with Gasteiger partial charge in [0.2, 0.25) is 0 Å². The third-order valence-electron chi connectivity index (χ3n) is 6.05. The van der Waals surface area contributed by atoms with Crippen molar-refractivity contribution >= 4 is 17.0 Å². The summed E-state index contributed by atoms with van der Waals surface area (Å²) in [6, 6.07) is 20.4. The van der Waals surface area contributed by atoms with Crippen LogP contribution < -0.4 is 4.74 Å². The maximum absolute atomic E-state index is 11.4. The van der Waals surface area contributed by atoms with Crippen molar-refractivity contribution in [3.05, 3.63) is 77.9 Å². The standard InChI is InChI=1S/C26H24N2O4/c29-21-7-3-4-17(14-21)16-32-22-11-8-18(9-12-22)25-27-23-15-19(26(30)31)10-13-24(23)28(25)20-5-1-2-6-20/h3-4,7-15,20,29H,1-2,5-6,16H2,(H,30,31). The van der Waals surface area contributed by atoms with Gasteiger partial charge >= 0.3 is 5.97 Å². The van der Waals surface area contributed by atoms with Crippen LogP contribution in [0.25, 0.3) is 22.4 Å². The van der Waals surface area contributed by atoms with E-state index in [0.717, 1.165) is 41.1 Å². The summed E-state index contributed by atoms with van der Waals surface area (Å²) in [6.45, 7) is 0.367. The summed E-state index contributed by atoms with van der Waals surface area (Å²) < 4.78 is 8.14. The molecule has 0 amide bonds. The molecule has 4 aromatic rings. The highest BCUT2D eigenvalue weighted by atomic mass is 16.5. The van der Waals surface area contributed by atoms with Crippen LogP contribution in [-0.4, -0.2) is 25.7 Å². The van der Waals surface area contributed by atoms with Crippen molar-refractivity contribution in [3.63, 3.8) is 0 Å². The molecule has 32 heavy (non-hydrogen) atoms. The van der Waals surface area contributed by atoms with E-state index in [-0.39, 0.29) is 11.3 Å². The maximum atomic E-state index is 11.4. The minimum atomic E-state index is -0.947. The number of aromatic carboxylic acids is 1. The molecule has 1 fully saturated rings. The van der Waals surface area contributed by atoms with Gasteiger partial charge in [0, 0.05) is 11.6 Å². The van der Waals surface area contributed by atoms with Gasteiger partial charge in [-0.25, -0.2) is 9.78 Å². The summed E-state index contributed by atoms with van der Waals surface area (Å²) in [5.41, 5.74) is 3.79. The van der Waals surface area contributed by atoms with Crippen LogP contribution in [0.3, 0.4) is 0 Å². The number of imidazole rings is 1. The van der Waals surface area contributed by atoms with Crippen LogP contribution in [-0.2, 0) is 6.61 Å². The minimum Gasteiger partial charge on any atom is -0.508 e. The van der Waals surface area contributed by atoms with E-state index < -0.39 is 5.97 Å². The van der Waals surface area contributed by atoms with Gasteiger partial charge in [-0.2, -0.15) is 0 Å². The fourth-order valence-corrected chi connectivity index (χ4v) is 4.48. The summed E-state index contributed by atoms with van der Waals surface area (Å²) in [7, 11) is 0. The number of benzene rings is 3. The molecule has 162 valence electrons. The highest BCUT2D eigenvalue weighted by molar-refractivity contribution is 5.93. The van der Waals surface area contributed by atoms with E-state index in [1.807, 2.05) is 36.4 Å². The average molecular weight is 428 g/mol. The first-order chi connectivity index (χ1) is 15.6. The van der Waals surface area contributed by atoms with E-state index in [0.29, 0.717) is 18.2 Å². The highest BCUT2D eigenvalue weighted by Crippen LogP contribution is 2.37. The number of rotatable bonds is 6. The summed E-state index contributed by atoms with van der Waals surface area (Å²) in [5, 5.41) is 19.0. The molecular formula is C26H24N2O4. The van der Waals surface area contributed by atoms with Crippen molar-refractivity contribution in [3.8, 4) is 22.9 Å². The molecule has 6 heteroatoms. The zero-order valence-corrected chi connectivity index (χ0v) is 17.6. The van der Waals surface area contributed by atoms with Gasteiger partial charge in [-0.3, -0.25) is 0 Å². The molecule has 6 nitrogen and oxygen atoms in total. The summed E-state index contributed by atoms with van der Waals surface area (Å²) in [4.78, 5) is 16.3. The van der Waals surface area contributed by atoms with Crippen molar-refractivity contribution in [2.75, 3.05) is 0 Å². The number of carbonyl (C=O) groups is 1. The molecule has 1 heterocycles. The van der Waals surface area contributed by atoms with Crippen LogP contribution in [0.1, 0.15) is 47.6 Å². The number of aromatic nitrogens is 2. The number of carboxylic acid groups (broad SMARTS) is 1. The predicted octanol–water partition coefficient (Wildman–Crippen LogP) is 5.80. The molecule has 0 unspecified atom stereocenters. The second-order valence-corrected chi connectivity index (χ2v) is 8.24. The topological polar surface area (TPSA) is 84.6 Å². The van der Waals surface area contributed by atoms with E-state index in [9.17, 15) is 15.0 Å². The van der Waals surface area contributed by atoms with E-state index in [1.54, 1.807) is 30.3 Å². The van der Waals surface area contributed by atoms with Crippen LogP contribution in [0, 0.1) is 0 Å². The van der Waals surface area contributed by atoms with Gasteiger partial charge in [0.1, 0.15) is 23.9 Å². The lowest BCUT2D eigenvalue weighted by molar-refractivity contribution is 0.0697. The lowest BCUT2D eigenvalue weighted by Crippen LogP contribution is -2.06. The van der Waals surface area contributed by atoms with Crippen LogP contribution >= 0.6 is 0 Å². The first kappa shape index (κ1) is 20.1. The Labute approximate surface area is 185 Å². The van der Waals surface area contributed by atoms with E-state index >= 15 is 0 Å². The molecule has 1 saturated carbocycles. The smallest absolute Gasteiger partial charge is 0.335 e. The monoisotopic (exact) mass is 428 g/mol. The molecule has 0 aliphatic heterocycles. The van der Waals surface area contributed by atoms with Crippen molar-refractivity contribution in [1.29, 1.82) is 0 Å². The van der Waals surface area contributed by atoms with Gasteiger partial charge in [0.25, 0.3) is 0 Å². The fraction of sp³-hybridized carbons (Fsp3) is 0.231. The third-order valence-corrected chi connectivity index (χ3v) is 6.05. The van der Waals surface area contributed by atoms with Crippen molar-refractivity contribution in [2.24, 2.45) is 0 Å². The van der Waals surface area contributed by atoms with Crippen LogP contribution in [0.5, 0.6) is 11.5 Å². The number of phenolic OH excluding ortho intramolecular Hbond substituents is 1. The number of fused-ring (bicyclic) bond motifs is 1. The molecule has 0 spiro atoms. The predicted molar refractivity (Wildman–Crippen MR) is 122 cm³/mol. The minimum absolute atomic E-state index is 0.221. The molecule has 5 rings (SSSR count). The molecule has 0 bridgehead atoms. The maximum Gasteiger partial charge on any atom is 0.335 e. The first-order valence-electron chi connectivity index (χ1n) is 10.8. The Hall–Kier alpha value is -3.80. The third kappa shape index (κ3) is 3.91.